The predicted molar refractivity (Wildman–Crippen MR) is 90.6 cm³/mol. The summed E-state index contributed by atoms with van der Waals surface area (Å²) in [6, 6.07) is 17.3. The molecule has 26 heavy (non-hydrogen) atoms. The van der Waals surface area contributed by atoms with Gasteiger partial charge in [-0.15, -0.1) is 0 Å². The Kier molecular flexibility index (Phi) is 4.71. The number of carbonyl (C=O) groups excluding carboxylic acids is 1. The predicted octanol–water partition coefficient (Wildman–Crippen LogP) is 4.52. The van der Waals surface area contributed by atoms with Crippen LogP contribution in [0.2, 0.25) is 0 Å². The van der Waals surface area contributed by atoms with Crippen molar-refractivity contribution in [1.29, 1.82) is 0 Å². The quantitative estimate of drug-likeness (QED) is 0.806. The minimum absolute atomic E-state index is 0.0254. The van der Waals surface area contributed by atoms with Crippen LogP contribution in [0.15, 0.2) is 65.7 Å². The van der Waals surface area contributed by atoms with Crippen LogP contribution in [0.25, 0.3) is 0 Å². The van der Waals surface area contributed by atoms with Gasteiger partial charge in [0.1, 0.15) is 12.3 Å². The molecule has 1 unspecified atom stereocenters. The Hall–Kier alpha value is -2.83. The molecule has 2 aromatic rings. The number of benzene rings is 2. The highest BCUT2D eigenvalue weighted by Crippen LogP contribution is 2.38. The lowest BCUT2D eigenvalue weighted by molar-refractivity contribution is -0.0598. The number of halogens is 3. The summed E-state index contributed by atoms with van der Waals surface area (Å²) in [6.07, 6.45) is -5.45. The van der Waals surface area contributed by atoms with Gasteiger partial charge in [-0.1, -0.05) is 60.7 Å². The standard InChI is InChI=1S/C19H17F3N2O2/c1-18(15-10-6-3-7-11-15)23-16(19(20,21)22)12-24(18)17(25)26-13-14-8-4-2-5-9-14/h2-11H,12-13H2,1H3. The van der Waals surface area contributed by atoms with E-state index in [1.807, 2.05) is 6.07 Å². The number of nitrogens with zero attached hydrogens (tertiary/aromatic N) is 2. The molecule has 1 aliphatic rings. The average Bonchev–Trinajstić information content (AvgIpc) is 3.01. The lowest BCUT2D eigenvalue weighted by atomic mass is 10.0. The molecular formula is C19H17F3N2O2. The summed E-state index contributed by atoms with van der Waals surface area (Å²) >= 11 is 0. The third-order valence-corrected chi connectivity index (χ3v) is 4.26. The van der Waals surface area contributed by atoms with Gasteiger partial charge in [-0.2, -0.15) is 13.2 Å². The Morgan fingerprint density at radius 1 is 1.12 bits per heavy atom. The van der Waals surface area contributed by atoms with Crippen LogP contribution < -0.4 is 0 Å². The molecule has 0 saturated carbocycles. The normalized spacial score (nSPS) is 20.0. The summed E-state index contributed by atoms with van der Waals surface area (Å²) in [5.74, 6) is 0. The minimum Gasteiger partial charge on any atom is -0.444 e. The summed E-state index contributed by atoms with van der Waals surface area (Å²) in [5.41, 5.74) is -1.24. The van der Waals surface area contributed by atoms with Gasteiger partial charge in [-0.05, 0) is 18.1 Å². The number of hydrogen-bond acceptors (Lipinski definition) is 3. The molecule has 0 fully saturated rings. The van der Waals surface area contributed by atoms with Gasteiger partial charge in [0.05, 0.1) is 6.54 Å². The molecule has 0 saturated heterocycles. The third-order valence-electron chi connectivity index (χ3n) is 4.26. The minimum atomic E-state index is -4.61. The summed E-state index contributed by atoms with van der Waals surface area (Å²) in [6.45, 7) is 0.801. The second kappa shape index (κ2) is 6.82. The van der Waals surface area contributed by atoms with Gasteiger partial charge < -0.3 is 4.74 Å². The monoisotopic (exact) mass is 362 g/mol. The van der Waals surface area contributed by atoms with Crippen LogP contribution in [-0.4, -0.2) is 29.4 Å². The van der Waals surface area contributed by atoms with Crippen LogP contribution in [0.1, 0.15) is 18.1 Å². The highest BCUT2D eigenvalue weighted by molar-refractivity contribution is 5.96. The largest absolute Gasteiger partial charge is 0.444 e. The third kappa shape index (κ3) is 3.56. The van der Waals surface area contributed by atoms with E-state index in [1.54, 1.807) is 54.6 Å². The first kappa shape index (κ1) is 18.0. The molecule has 0 aromatic heterocycles. The molecule has 1 heterocycles. The smallest absolute Gasteiger partial charge is 0.430 e. The van der Waals surface area contributed by atoms with Gasteiger partial charge in [0, 0.05) is 0 Å². The van der Waals surface area contributed by atoms with Gasteiger partial charge >= 0.3 is 12.3 Å². The maximum atomic E-state index is 13.2. The zero-order valence-electron chi connectivity index (χ0n) is 14.0. The van der Waals surface area contributed by atoms with Gasteiger partial charge in [-0.25, -0.2) is 4.79 Å². The molecule has 1 aliphatic heterocycles. The number of alkyl halides is 3. The maximum Gasteiger partial charge on any atom is 0.430 e. The number of carbonyl (C=O) groups is 1. The molecule has 0 spiro atoms. The van der Waals surface area contributed by atoms with Crippen molar-refractivity contribution in [3.8, 4) is 0 Å². The van der Waals surface area contributed by atoms with Gasteiger partial charge in [0.2, 0.25) is 0 Å². The van der Waals surface area contributed by atoms with Crippen molar-refractivity contribution in [3.63, 3.8) is 0 Å². The zero-order chi connectivity index (χ0) is 18.8. The molecule has 0 N–H and O–H groups in total. The van der Waals surface area contributed by atoms with Crippen molar-refractivity contribution >= 4 is 11.8 Å². The lowest BCUT2D eigenvalue weighted by Crippen LogP contribution is -2.44. The average molecular weight is 362 g/mol. The molecular weight excluding hydrogens is 345 g/mol. The molecule has 1 atom stereocenters. The number of rotatable bonds is 3. The highest BCUT2D eigenvalue weighted by Gasteiger charge is 2.50. The van der Waals surface area contributed by atoms with E-state index in [1.165, 1.54) is 6.92 Å². The van der Waals surface area contributed by atoms with Crippen LogP contribution in [0.4, 0.5) is 18.0 Å². The van der Waals surface area contributed by atoms with E-state index in [2.05, 4.69) is 4.99 Å². The number of ether oxygens (including phenoxy) is 1. The fourth-order valence-corrected chi connectivity index (χ4v) is 2.83. The molecule has 136 valence electrons. The van der Waals surface area contributed by atoms with E-state index in [-0.39, 0.29) is 6.61 Å². The first-order valence-electron chi connectivity index (χ1n) is 8.00. The van der Waals surface area contributed by atoms with Crippen LogP contribution in [-0.2, 0) is 17.0 Å². The summed E-state index contributed by atoms with van der Waals surface area (Å²) < 4.78 is 44.8. The second-order valence-electron chi connectivity index (χ2n) is 6.07. The summed E-state index contributed by atoms with van der Waals surface area (Å²) in [5, 5.41) is 0. The van der Waals surface area contributed by atoms with Crippen LogP contribution in [0.3, 0.4) is 0 Å². The molecule has 0 bridgehead atoms. The Bertz CT molecular complexity index is 807. The van der Waals surface area contributed by atoms with Crippen LogP contribution >= 0.6 is 0 Å². The molecule has 1 amide bonds. The molecule has 2 aromatic carbocycles. The van der Waals surface area contributed by atoms with E-state index in [4.69, 9.17) is 4.74 Å². The maximum absolute atomic E-state index is 13.2. The molecule has 7 heteroatoms. The van der Waals surface area contributed by atoms with E-state index in [0.29, 0.717) is 5.56 Å². The molecule has 0 radical (unpaired) electrons. The van der Waals surface area contributed by atoms with Crippen molar-refractivity contribution in [3.05, 3.63) is 71.8 Å². The molecule has 3 rings (SSSR count). The number of aliphatic imine (C=N–C) groups is 1. The Morgan fingerprint density at radius 2 is 1.69 bits per heavy atom. The first-order chi connectivity index (χ1) is 12.3. The Labute approximate surface area is 148 Å². The van der Waals surface area contributed by atoms with Crippen LogP contribution in [0, 0.1) is 0 Å². The van der Waals surface area contributed by atoms with Crippen molar-refractivity contribution in [1.82, 2.24) is 4.90 Å². The van der Waals surface area contributed by atoms with Crippen molar-refractivity contribution in [2.24, 2.45) is 4.99 Å². The topological polar surface area (TPSA) is 41.9 Å². The Morgan fingerprint density at radius 3 is 2.27 bits per heavy atom. The summed E-state index contributed by atoms with van der Waals surface area (Å²) in [7, 11) is 0. The fourth-order valence-electron chi connectivity index (χ4n) is 2.83. The second-order valence-corrected chi connectivity index (χ2v) is 6.07. The zero-order valence-corrected chi connectivity index (χ0v) is 14.0. The first-order valence-corrected chi connectivity index (χ1v) is 8.00. The SMILES string of the molecule is CC1(c2ccccc2)N=C(C(F)(F)F)CN1C(=O)OCc1ccccc1. The van der Waals surface area contributed by atoms with Crippen LogP contribution in [0.5, 0.6) is 0 Å². The van der Waals surface area contributed by atoms with E-state index >= 15 is 0 Å². The van der Waals surface area contributed by atoms with E-state index < -0.39 is 30.2 Å². The van der Waals surface area contributed by atoms with Gasteiger partial charge in [0.15, 0.2) is 5.66 Å². The summed E-state index contributed by atoms with van der Waals surface area (Å²) in [4.78, 5) is 17.4. The van der Waals surface area contributed by atoms with Crippen molar-refractivity contribution in [2.75, 3.05) is 6.54 Å². The Balaban J connectivity index is 1.86. The van der Waals surface area contributed by atoms with E-state index in [9.17, 15) is 18.0 Å². The highest BCUT2D eigenvalue weighted by atomic mass is 19.4. The van der Waals surface area contributed by atoms with E-state index in [0.717, 1.165) is 10.5 Å². The fraction of sp³-hybridized carbons (Fsp3) is 0.263. The number of hydrogen-bond donors (Lipinski definition) is 0. The lowest BCUT2D eigenvalue weighted by Gasteiger charge is -2.32. The van der Waals surface area contributed by atoms with Gasteiger partial charge in [-0.3, -0.25) is 9.89 Å². The van der Waals surface area contributed by atoms with Crippen molar-refractivity contribution < 1.29 is 22.7 Å². The molecule has 0 aliphatic carbocycles. The molecule has 4 nitrogen and oxygen atoms in total. The van der Waals surface area contributed by atoms with Crippen molar-refractivity contribution in [2.45, 2.75) is 25.4 Å². The number of amides is 1. The van der Waals surface area contributed by atoms with Gasteiger partial charge in [0.25, 0.3) is 0 Å².